The first kappa shape index (κ1) is 13.8. The Morgan fingerprint density at radius 1 is 1.39 bits per heavy atom. The fraction of sp³-hybridized carbons (Fsp3) is 0.364. The van der Waals surface area contributed by atoms with Crippen LogP contribution in [0.3, 0.4) is 0 Å². The Bertz CT molecular complexity index is 434. The molecule has 3 N–H and O–H groups in total. The molecule has 0 spiro atoms. The lowest BCUT2D eigenvalue weighted by molar-refractivity contribution is 0.0690. The van der Waals surface area contributed by atoms with Gasteiger partial charge in [0, 0.05) is 39.1 Å². The summed E-state index contributed by atoms with van der Waals surface area (Å²) in [5.74, 6) is -1.07. The van der Waals surface area contributed by atoms with E-state index < -0.39 is 5.97 Å². The predicted octanol–water partition coefficient (Wildman–Crippen LogP) is 0.463. The maximum Gasteiger partial charge on any atom is 0.354 e. The molecule has 0 atom stereocenters. The van der Waals surface area contributed by atoms with Crippen molar-refractivity contribution in [2.24, 2.45) is 0 Å². The van der Waals surface area contributed by atoms with Crippen LogP contribution < -0.4 is 10.6 Å². The number of aromatic nitrogens is 1. The summed E-state index contributed by atoms with van der Waals surface area (Å²) < 4.78 is 0. The van der Waals surface area contributed by atoms with Gasteiger partial charge >= 0.3 is 12.0 Å². The molecule has 7 heteroatoms. The van der Waals surface area contributed by atoms with E-state index in [9.17, 15) is 9.59 Å². The fourth-order valence-electron chi connectivity index (χ4n) is 1.19. The molecule has 0 aliphatic carbocycles. The molecule has 18 heavy (non-hydrogen) atoms. The van der Waals surface area contributed by atoms with E-state index in [1.165, 1.54) is 17.2 Å². The van der Waals surface area contributed by atoms with Crippen molar-refractivity contribution in [3.63, 3.8) is 0 Å². The molecule has 1 aromatic rings. The van der Waals surface area contributed by atoms with Crippen LogP contribution in [-0.2, 0) is 0 Å². The summed E-state index contributed by atoms with van der Waals surface area (Å²) in [5, 5.41) is 14.4. The summed E-state index contributed by atoms with van der Waals surface area (Å²) in [5.41, 5.74) is 0.638. The number of carboxylic acids is 1. The van der Waals surface area contributed by atoms with Crippen LogP contribution >= 0.6 is 0 Å². The second kappa shape index (κ2) is 6.43. The molecule has 0 unspecified atom stereocenters. The van der Waals surface area contributed by atoms with E-state index in [-0.39, 0.29) is 11.7 Å². The van der Waals surface area contributed by atoms with Crippen molar-refractivity contribution in [3.05, 3.63) is 24.0 Å². The van der Waals surface area contributed by atoms with Crippen LogP contribution in [0.25, 0.3) is 0 Å². The van der Waals surface area contributed by atoms with Gasteiger partial charge in [-0.15, -0.1) is 0 Å². The normalized spacial score (nSPS) is 9.67. The number of carboxylic acid groups (broad SMARTS) is 1. The van der Waals surface area contributed by atoms with E-state index in [0.717, 1.165) is 0 Å². The highest BCUT2D eigenvalue weighted by atomic mass is 16.4. The molecule has 98 valence electrons. The maximum absolute atomic E-state index is 11.2. The Hall–Kier alpha value is -2.31. The standard InChI is InChI=1S/C11H16N4O3/c1-15(2)11(18)14-6-5-12-8-3-4-13-9(7-8)10(16)17/h3-4,7H,5-6H2,1-2H3,(H,12,13)(H,14,18)(H,16,17). The Balaban J connectivity index is 2.38. The van der Waals surface area contributed by atoms with E-state index >= 15 is 0 Å². The molecule has 0 aromatic carbocycles. The van der Waals surface area contributed by atoms with E-state index in [4.69, 9.17) is 5.11 Å². The first-order chi connectivity index (χ1) is 8.50. The van der Waals surface area contributed by atoms with Crippen LogP contribution in [0.1, 0.15) is 10.5 Å². The van der Waals surface area contributed by atoms with Gasteiger partial charge in [0.05, 0.1) is 0 Å². The number of pyridine rings is 1. The number of urea groups is 1. The maximum atomic E-state index is 11.2. The lowest BCUT2D eigenvalue weighted by Crippen LogP contribution is -2.37. The highest BCUT2D eigenvalue weighted by Gasteiger charge is 2.05. The zero-order chi connectivity index (χ0) is 13.5. The van der Waals surface area contributed by atoms with E-state index in [1.807, 2.05) is 0 Å². The predicted molar refractivity (Wildman–Crippen MR) is 66.8 cm³/mol. The van der Waals surface area contributed by atoms with Gasteiger partial charge in [-0.1, -0.05) is 0 Å². The third kappa shape index (κ3) is 4.28. The summed E-state index contributed by atoms with van der Waals surface area (Å²) >= 11 is 0. The molecule has 0 aliphatic heterocycles. The zero-order valence-electron chi connectivity index (χ0n) is 10.3. The van der Waals surface area contributed by atoms with Crippen LogP contribution in [-0.4, -0.2) is 54.2 Å². The SMILES string of the molecule is CN(C)C(=O)NCCNc1ccnc(C(=O)O)c1. The molecule has 1 heterocycles. The average molecular weight is 252 g/mol. The second-order valence-electron chi connectivity index (χ2n) is 3.79. The summed E-state index contributed by atoms with van der Waals surface area (Å²) in [6.07, 6.45) is 1.42. The first-order valence-corrected chi connectivity index (χ1v) is 5.39. The fourth-order valence-corrected chi connectivity index (χ4v) is 1.19. The van der Waals surface area contributed by atoms with E-state index in [0.29, 0.717) is 18.8 Å². The van der Waals surface area contributed by atoms with Crippen molar-refractivity contribution in [1.82, 2.24) is 15.2 Å². The van der Waals surface area contributed by atoms with E-state index in [2.05, 4.69) is 15.6 Å². The quantitative estimate of drug-likeness (QED) is 0.662. The Kier molecular flexibility index (Phi) is 4.91. The number of hydrogen-bond donors (Lipinski definition) is 3. The molecule has 2 amide bonds. The number of aromatic carboxylic acids is 1. The van der Waals surface area contributed by atoms with Gasteiger partial charge in [0.25, 0.3) is 0 Å². The number of carbonyl (C=O) groups excluding carboxylic acids is 1. The Labute approximate surface area is 105 Å². The van der Waals surface area contributed by atoms with Crippen molar-refractivity contribution in [2.45, 2.75) is 0 Å². The molecule has 1 rings (SSSR count). The highest BCUT2D eigenvalue weighted by molar-refractivity contribution is 5.86. The van der Waals surface area contributed by atoms with Crippen LogP contribution in [0.2, 0.25) is 0 Å². The third-order valence-corrected chi connectivity index (χ3v) is 2.12. The van der Waals surface area contributed by atoms with Crippen molar-refractivity contribution in [3.8, 4) is 0 Å². The summed E-state index contributed by atoms with van der Waals surface area (Å²) in [4.78, 5) is 27.0. The van der Waals surface area contributed by atoms with Crippen LogP contribution in [0.4, 0.5) is 10.5 Å². The minimum atomic E-state index is -1.07. The number of rotatable bonds is 5. The average Bonchev–Trinajstić information content (AvgIpc) is 2.34. The topological polar surface area (TPSA) is 94.6 Å². The second-order valence-corrected chi connectivity index (χ2v) is 3.79. The highest BCUT2D eigenvalue weighted by Crippen LogP contribution is 2.06. The number of nitrogens with zero attached hydrogens (tertiary/aromatic N) is 2. The van der Waals surface area contributed by atoms with Crippen molar-refractivity contribution in [1.29, 1.82) is 0 Å². The molecule has 7 nitrogen and oxygen atoms in total. The minimum Gasteiger partial charge on any atom is -0.477 e. The largest absolute Gasteiger partial charge is 0.477 e. The van der Waals surface area contributed by atoms with Gasteiger partial charge in [-0.2, -0.15) is 0 Å². The number of amides is 2. The number of anilines is 1. The number of nitrogens with one attached hydrogen (secondary N) is 2. The first-order valence-electron chi connectivity index (χ1n) is 5.39. The smallest absolute Gasteiger partial charge is 0.354 e. The minimum absolute atomic E-state index is 0.0164. The zero-order valence-corrected chi connectivity index (χ0v) is 10.3. The van der Waals surface area contributed by atoms with Gasteiger partial charge in [0.2, 0.25) is 0 Å². The van der Waals surface area contributed by atoms with Gasteiger partial charge < -0.3 is 20.6 Å². The molecule has 0 saturated carbocycles. The van der Waals surface area contributed by atoms with Gasteiger partial charge in [-0.25, -0.2) is 14.6 Å². The molecule has 0 aliphatic rings. The molecule has 0 saturated heterocycles. The molecule has 0 bridgehead atoms. The molecule has 0 fully saturated rings. The number of carbonyl (C=O) groups is 2. The molecule has 1 aromatic heterocycles. The van der Waals surface area contributed by atoms with Gasteiger partial charge in [0.15, 0.2) is 0 Å². The van der Waals surface area contributed by atoms with Crippen molar-refractivity contribution < 1.29 is 14.7 Å². The van der Waals surface area contributed by atoms with Crippen LogP contribution in [0, 0.1) is 0 Å². The summed E-state index contributed by atoms with van der Waals surface area (Å²) in [7, 11) is 3.32. The van der Waals surface area contributed by atoms with Crippen molar-refractivity contribution in [2.75, 3.05) is 32.5 Å². The van der Waals surface area contributed by atoms with Gasteiger partial charge in [0.1, 0.15) is 5.69 Å². The number of hydrogen-bond acceptors (Lipinski definition) is 4. The molecule has 0 radical (unpaired) electrons. The van der Waals surface area contributed by atoms with Crippen LogP contribution in [0.5, 0.6) is 0 Å². The van der Waals surface area contributed by atoms with Crippen molar-refractivity contribution >= 4 is 17.7 Å². The molecular weight excluding hydrogens is 236 g/mol. The summed E-state index contributed by atoms with van der Waals surface area (Å²) in [6, 6.07) is 2.94. The summed E-state index contributed by atoms with van der Waals surface area (Å²) in [6.45, 7) is 0.949. The van der Waals surface area contributed by atoms with Gasteiger partial charge in [-0.3, -0.25) is 0 Å². The van der Waals surface area contributed by atoms with E-state index in [1.54, 1.807) is 20.2 Å². The Morgan fingerprint density at radius 3 is 2.72 bits per heavy atom. The molecular formula is C11H16N4O3. The lowest BCUT2D eigenvalue weighted by Gasteiger charge is -2.12. The Morgan fingerprint density at radius 2 is 2.11 bits per heavy atom. The van der Waals surface area contributed by atoms with Gasteiger partial charge in [-0.05, 0) is 12.1 Å². The lowest BCUT2D eigenvalue weighted by atomic mass is 10.3. The van der Waals surface area contributed by atoms with Crippen LogP contribution in [0.15, 0.2) is 18.3 Å². The third-order valence-electron chi connectivity index (χ3n) is 2.12. The monoisotopic (exact) mass is 252 g/mol.